The molecule has 2 N–H and O–H groups in total. The number of aliphatic imine (C=N–C) groups is 1. The van der Waals surface area contributed by atoms with Gasteiger partial charge in [0.05, 0.1) is 6.54 Å². The minimum atomic E-state index is 0. The molecule has 2 aliphatic rings. The molecule has 1 unspecified atom stereocenters. The Kier molecular flexibility index (Phi) is 11.7. The summed E-state index contributed by atoms with van der Waals surface area (Å²) in [6.07, 6.45) is 6.85. The molecule has 0 aromatic carbocycles. The van der Waals surface area contributed by atoms with Crippen LogP contribution in [0.25, 0.3) is 0 Å². The first-order valence-electron chi connectivity index (χ1n) is 11.0. The van der Waals surface area contributed by atoms with Crippen molar-refractivity contribution in [2.24, 2.45) is 10.9 Å². The molecule has 0 radical (unpaired) electrons. The van der Waals surface area contributed by atoms with Crippen LogP contribution in [0.2, 0.25) is 0 Å². The normalized spacial score (nSPS) is 21.8. The fraction of sp³-hybridized carbons (Fsp3) is 0.905. The summed E-state index contributed by atoms with van der Waals surface area (Å²) in [6.45, 7) is 15.3. The van der Waals surface area contributed by atoms with Gasteiger partial charge in [0.15, 0.2) is 5.96 Å². The zero-order valence-corrected chi connectivity index (χ0v) is 20.8. The molecule has 0 aliphatic carbocycles. The molecule has 2 heterocycles. The smallest absolute Gasteiger partial charge is 0.224 e. The summed E-state index contributed by atoms with van der Waals surface area (Å²) in [5, 5.41) is 6.66. The molecule has 0 aromatic heterocycles. The first-order chi connectivity index (χ1) is 12.9. The highest BCUT2D eigenvalue weighted by molar-refractivity contribution is 14.0. The van der Waals surface area contributed by atoms with Gasteiger partial charge in [0.1, 0.15) is 0 Å². The summed E-state index contributed by atoms with van der Waals surface area (Å²) in [7, 11) is 0. The number of amides is 1. The Bertz CT molecular complexity index is 491. The molecule has 2 fully saturated rings. The third-order valence-corrected chi connectivity index (χ3v) is 5.82. The van der Waals surface area contributed by atoms with Gasteiger partial charge in [-0.3, -0.25) is 14.7 Å². The van der Waals surface area contributed by atoms with E-state index >= 15 is 0 Å². The highest BCUT2D eigenvalue weighted by atomic mass is 127. The Morgan fingerprint density at radius 2 is 1.82 bits per heavy atom. The lowest BCUT2D eigenvalue weighted by molar-refractivity contribution is -0.132. The van der Waals surface area contributed by atoms with Gasteiger partial charge in [0, 0.05) is 38.1 Å². The minimum absolute atomic E-state index is 0. The van der Waals surface area contributed by atoms with Gasteiger partial charge < -0.3 is 15.5 Å². The molecule has 0 saturated carbocycles. The summed E-state index contributed by atoms with van der Waals surface area (Å²) < 4.78 is 0. The number of guanidine groups is 1. The maximum atomic E-state index is 12.4. The van der Waals surface area contributed by atoms with E-state index in [2.05, 4.69) is 43.2 Å². The summed E-state index contributed by atoms with van der Waals surface area (Å²) in [6, 6.07) is 0. The van der Waals surface area contributed by atoms with Gasteiger partial charge in [-0.05, 0) is 65.5 Å². The topological polar surface area (TPSA) is 60.0 Å². The molecule has 0 spiro atoms. The molecule has 1 atom stereocenters. The lowest BCUT2D eigenvalue weighted by Crippen LogP contribution is -2.49. The highest BCUT2D eigenvalue weighted by Crippen LogP contribution is 2.20. The van der Waals surface area contributed by atoms with Crippen LogP contribution in [-0.2, 0) is 4.79 Å². The average Bonchev–Trinajstić information content (AvgIpc) is 2.66. The number of hydrogen-bond donors (Lipinski definition) is 2. The van der Waals surface area contributed by atoms with Crippen LogP contribution in [0.4, 0.5) is 0 Å². The molecule has 0 bridgehead atoms. The number of carbonyl (C=O) groups is 1. The SMILES string of the molecule is CCNC(=NCC(C)(C)N1CCCCC1)NCCC(=O)N1CCCC(C)C1.I. The maximum absolute atomic E-state index is 12.4. The number of halogens is 1. The van der Waals surface area contributed by atoms with Crippen molar-refractivity contribution in [1.29, 1.82) is 0 Å². The largest absolute Gasteiger partial charge is 0.357 e. The van der Waals surface area contributed by atoms with Crippen molar-refractivity contribution >= 4 is 35.8 Å². The van der Waals surface area contributed by atoms with E-state index in [4.69, 9.17) is 4.99 Å². The number of carbonyl (C=O) groups excluding carboxylic acids is 1. The van der Waals surface area contributed by atoms with Crippen molar-refractivity contribution in [3.63, 3.8) is 0 Å². The standard InChI is InChI=1S/C21H41N5O.HI/c1-5-22-20(24-17-21(3,4)26-14-7-6-8-15-26)23-12-11-19(27)25-13-9-10-18(2)16-25;/h18H,5-17H2,1-4H3,(H2,22,23,24);1H. The molecule has 7 heteroatoms. The van der Waals surface area contributed by atoms with Crippen LogP contribution in [0.5, 0.6) is 0 Å². The van der Waals surface area contributed by atoms with E-state index < -0.39 is 0 Å². The third kappa shape index (κ3) is 8.43. The van der Waals surface area contributed by atoms with Gasteiger partial charge >= 0.3 is 0 Å². The van der Waals surface area contributed by atoms with Gasteiger partial charge in [-0.25, -0.2) is 0 Å². The van der Waals surface area contributed by atoms with Gasteiger partial charge in [-0.2, -0.15) is 0 Å². The van der Waals surface area contributed by atoms with Gasteiger partial charge in [-0.1, -0.05) is 13.3 Å². The van der Waals surface area contributed by atoms with Crippen LogP contribution in [0.15, 0.2) is 4.99 Å². The van der Waals surface area contributed by atoms with E-state index in [1.54, 1.807) is 0 Å². The van der Waals surface area contributed by atoms with Crippen LogP contribution < -0.4 is 10.6 Å². The van der Waals surface area contributed by atoms with E-state index in [1.165, 1.54) is 38.8 Å². The summed E-state index contributed by atoms with van der Waals surface area (Å²) in [4.78, 5) is 21.8. The van der Waals surface area contributed by atoms with Crippen molar-refractivity contribution in [2.75, 3.05) is 45.8 Å². The third-order valence-electron chi connectivity index (χ3n) is 5.82. The van der Waals surface area contributed by atoms with E-state index in [-0.39, 0.29) is 35.4 Å². The molecule has 1 amide bonds. The lowest BCUT2D eigenvalue weighted by Gasteiger charge is -2.40. The predicted octanol–water partition coefficient (Wildman–Crippen LogP) is 3.07. The van der Waals surface area contributed by atoms with Crippen LogP contribution in [-0.4, -0.2) is 73.0 Å². The number of piperidine rings is 2. The van der Waals surface area contributed by atoms with Gasteiger partial charge in [-0.15, -0.1) is 24.0 Å². The second kappa shape index (κ2) is 12.9. The molecule has 2 aliphatic heterocycles. The number of nitrogens with zero attached hydrogens (tertiary/aromatic N) is 3. The second-order valence-corrected chi connectivity index (χ2v) is 8.82. The van der Waals surface area contributed by atoms with Crippen molar-refractivity contribution < 1.29 is 4.79 Å². The van der Waals surface area contributed by atoms with Crippen molar-refractivity contribution in [1.82, 2.24) is 20.4 Å². The Morgan fingerprint density at radius 3 is 2.46 bits per heavy atom. The molecule has 164 valence electrons. The summed E-state index contributed by atoms with van der Waals surface area (Å²) >= 11 is 0. The molecule has 28 heavy (non-hydrogen) atoms. The summed E-state index contributed by atoms with van der Waals surface area (Å²) in [5.41, 5.74) is 0.0720. The number of nitrogens with one attached hydrogen (secondary N) is 2. The molecular weight excluding hydrogens is 465 g/mol. The van der Waals surface area contributed by atoms with Gasteiger partial charge in [0.2, 0.25) is 5.91 Å². The zero-order chi connectivity index (χ0) is 19.7. The van der Waals surface area contributed by atoms with Crippen molar-refractivity contribution in [3.8, 4) is 0 Å². The van der Waals surface area contributed by atoms with Crippen molar-refractivity contribution in [2.45, 2.75) is 71.8 Å². The average molecular weight is 508 g/mol. The van der Waals surface area contributed by atoms with Crippen LogP contribution in [0, 0.1) is 5.92 Å². The van der Waals surface area contributed by atoms with Crippen LogP contribution in [0.1, 0.15) is 66.2 Å². The zero-order valence-electron chi connectivity index (χ0n) is 18.4. The Hall–Kier alpha value is -0.570. The number of rotatable bonds is 7. The van der Waals surface area contributed by atoms with Crippen LogP contribution in [0.3, 0.4) is 0 Å². The predicted molar refractivity (Wildman–Crippen MR) is 128 cm³/mol. The Morgan fingerprint density at radius 1 is 1.11 bits per heavy atom. The van der Waals surface area contributed by atoms with E-state index in [1.807, 2.05) is 4.90 Å². The van der Waals surface area contributed by atoms with E-state index in [9.17, 15) is 4.79 Å². The first-order valence-corrected chi connectivity index (χ1v) is 11.0. The minimum Gasteiger partial charge on any atom is -0.357 e. The monoisotopic (exact) mass is 507 g/mol. The summed E-state index contributed by atoms with van der Waals surface area (Å²) in [5.74, 6) is 1.72. The Balaban J connectivity index is 0.00000392. The van der Waals surface area contributed by atoms with Crippen molar-refractivity contribution in [3.05, 3.63) is 0 Å². The first kappa shape index (κ1) is 25.5. The number of likely N-dealkylation sites (tertiary alicyclic amines) is 2. The fourth-order valence-electron chi connectivity index (χ4n) is 4.08. The van der Waals surface area contributed by atoms with Crippen LogP contribution >= 0.6 is 24.0 Å². The quantitative estimate of drug-likeness (QED) is 0.316. The Labute approximate surface area is 189 Å². The number of hydrogen-bond acceptors (Lipinski definition) is 3. The molecule has 0 aromatic rings. The maximum Gasteiger partial charge on any atom is 0.224 e. The molecular formula is C21H42IN5O. The van der Waals surface area contributed by atoms with E-state index in [0.717, 1.165) is 38.6 Å². The molecule has 6 nitrogen and oxygen atoms in total. The highest BCUT2D eigenvalue weighted by Gasteiger charge is 2.27. The molecule has 2 saturated heterocycles. The second-order valence-electron chi connectivity index (χ2n) is 8.82. The molecule has 2 rings (SSSR count). The lowest BCUT2D eigenvalue weighted by atomic mass is 9.99. The van der Waals surface area contributed by atoms with Gasteiger partial charge in [0.25, 0.3) is 0 Å². The fourth-order valence-corrected chi connectivity index (χ4v) is 4.08. The van der Waals surface area contributed by atoms with E-state index in [0.29, 0.717) is 18.9 Å².